The number of nitrogens with one attached hydrogen (secondary N) is 3. The molecular weight excluding hydrogens is 1020 g/mol. The van der Waals surface area contributed by atoms with Crippen molar-refractivity contribution in [3.63, 3.8) is 0 Å². The Bertz CT molecular complexity index is 3510. The molecule has 6 atom stereocenters. The summed E-state index contributed by atoms with van der Waals surface area (Å²) in [5.74, 6) is 4.86. The molecule has 2 amide bonds. The summed E-state index contributed by atoms with van der Waals surface area (Å²) < 4.78 is 15.3. The van der Waals surface area contributed by atoms with Crippen molar-refractivity contribution in [1.82, 2.24) is 70.1 Å². The number of aromatic nitrogens is 12. The van der Waals surface area contributed by atoms with Crippen LogP contribution in [0.25, 0.3) is 43.9 Å². The molecule has 8 aromatic heterocycles. The van der Waals surface area contributed by atoms with Gasteiger partial charge in [0.15, 0.2) is 22.6 Å². The van der Waals surface area contributed by atoms with Crippen molar-refractivity contribution in [3.05, 3.63) is 78.7 Å². The fourth-order valence-corrected chi connectivity index (χ4v) is 12.5. The number of amides is 2. The maximum absolute atomic E-state index is 12.1. The van der Waals surface area contributed by atoms with E-state index >= 15 is 0 Å². The van der Waals surface area contributed by atoms with Crippen molar-refractivity contribution >= 4 is 97.0 Å². The Morgan fingerprint density at radius 1 is 0.582 bits per heavy atom. The number of halogens is 1. The van der Waals surface area contributed by atoms with E-state index in [1.165, 1.54) is 38.5 Å². The van der Waals surface area contributed by atoms with Crippen molar-refractivity contribution in [1.29, 1.82) is 0 Å². The Morgan fingerprint density at radius 2 is 1.05 bits per heavy atom. The first-order chi connectivity index (χ1) is 38.0. The molecule has 0 spiro atoms. The summed E-state index contributed by atoms with van der Waals surface area (Å²) in [6.45, 7) is 14.6. The quantitative estimate of drug-likeness (QED) is 0.110. The number of fused-ring (bicyclic) bond motifs is 8. The number of nitrogens with two attached hydrogens (primary N) is 1. The minimum Gasteiger partial charge on any atom is -0.444 e. The van der Waals surface area contributed by atoms with Gasteiger partial charge in [-0.2, -0.15) is 9.97 Å². The van der Waals surface area contributed by atoms with Gasteiger partial charge < -0.3 is 50.1 Å². The zero-order chi connectivity index (χ0) is 54.7. The summed E-state index contributed by atoms with van der Waals surface area (Å²) in [4.78, 5) is 55.0. The SMILES string of the molecule is CC(C)(C)OC(=O)NC1[C@H]2CN(c3ccc(Cl)nn3)C[C@@H]12.CC(C)(C)OC(=O)NC1[C@H]2CN(c3ccc(Nc4ncc5c6ccncc6n(C6CCCC6)c5n4)nn3)C[C@@H]12.Nc1ncc2c3ccncc3n(C3CCCC3)c2n1. The lowest BCUT2D eigenvalue weighted by Crippen LogP contribution is -2.38. The minimum atomic E-state index is -0.492. The van der Waals surface area contributed by atoms with Gasteiger partial charge in [0.25, 0.3) is 0 Å². The summed E-state index contributed by atoms with van der Waals surface area (Å²) in [6, 6.07) is 12.9. The van der Waals surface area contributed by atoms with Crippen molar-refractivity contribution < 1.29 is 19.1 Å². The average molecular weight is 1090 g/mol. The molecule has 2 unspecified atom stereocenters. The lowest BCUT2D eigenvalue weighted by Gasteiger charge is -2.22. The smallest absolute Gasteiger partial charge is 0.407 e. The second-order valence-electron chi connectivity index (χ2n) is 23.7. The van der Waals surface area contributed by atoms with Crippen LogP contribution in [0, 0.1) is 23.7 Å². The number of rotatable bonds is 8. The number of pyridine rings is 2. The van der Waals surface area contributed by atoms with E-state index in [2.05, 4.69) is 80.2 Å². The van der Waals surface area contributed by atoms with Crippen LogP contribution in [0.2, 0.25) is 5.15 Å². The van der Waals surface area contributed by atoms with Crippen LogP contribution in [-0.2, 0) is 9.47 Å². The van der Waals surface area contributed by atoms with Gasteiger partial charge in [0.1, 0.15) is 22.5 Å². The topological polar surface area (TPSA) is 260 Å². The van der Waals surface area contributed by atoms with Crippen molar-refractivity contribution in [2.24, 2.45) is 23.7 Å². The molecule has 0 bridgehead atoms. The Labute approximate surface area is 462 Å². The highest BCUT2D eigenvalue weighted by molar-refractivity contribution is 6.29. The highest BCUT2D eigenvalue weighted by atomic mass is 35.5. The first-order valence-electron chi connectivity index (χ1n) is 27.6. The number of nitrogen functional groups attached to an aromatic ring is 1. The minimum absolute atomic E-state index is 0.174. The van der Waals surface area contributed by atoms with Gasteiger partial charge in [0.05, 0.1) is 23.4 Å². The Balaban J connectivity index is 0.000000131. The molecule has 8 aromatic rings. The summed E-state index contributed by atoms with van der Waals surface area (Å²) in [6.07, 6.45) is 20.3. The number of piperidine rings is 2. The summed E-state index contributed by atoms with van der Waals surface area (Å²) in [7, 11) is 0. The van der Waals surface area contributed by atoms with Gasteiger partial charge in [0.2, 0.25) is 11.9 Å². The molecule has 0 aromatic carbocycles. The van der Waals surface area contributed by atoms with Crippen LogP contribution in [0.15, 0.2) is 73.6 Å². The molecule has 5 N–H and O–H groups in total. The summed E-state index contributed by atoms with van der Waals surface area (Å²) >= 11 is 5.74. The zero-order valence-electron chi connectivity index (χ0n) is 45.4. The lowest BCUT2D eigenvalue weighted by atomic mass is 10.2. The Kier molecular flexibility index (Phi) is 13.7. The number of hydrogen-bond acceptors (Lipinski definition) is 18. The van der Waals surface area contributed by atoms with E-state index in [9.17, 15) is 9.59 Å². The van der Waals surface area contributed by atoms with E-state index in [1.807, 2.05) is 109 Å². The van der Waals surface area contributed by atoms with E-state index in [4.69, 9.17) is 31.8 Å². The summed E-state index contributed by atoms with van der Waals surface area (Å²) in [5.41, 5.74) is 8.94. The fraction of sp³-hybridized carbons (Fsp3) is 0.500. The van der Waals surface area contributed by atoms with Gasteiger partial charge in [-0.1, -0.05) is 37.3 Å². The van der Waals surface area contributed by atoms with E-state index in [0.29, 0.717) is 58.6 Å². The Morgan fingerprint density at radius 3 is 1.51 bits per heavy atom. The van der Waals surface area contributed by atoms with E-state index in [-0.39, 0.29) is 24.3 Å². The van der Waals surface area contributed by atoms with Crippen molar-refractivity contribution in [3.8, 4) is 0 Å². The molecule has 22 nitrogen and oxygen atoms in total. The van der Waals surface area contributed by atoms with Crippen LogP contribution < -0.4 is 31.5 Å². The van der Waals surface area contributed by atoms with Gasteiger partial charge in [-0.15, -0.1) is 20.4 Å². The highest BCUT2D eigenvalue weighted by Gasteiger charge is 2.58. The molecule has 14 rings (SSSR count). The van der Waals surface area contributed by atoms with Crippen LogP contribution >= 0.6 is 11.6 Å². The maximum atomic E-state index is 12.1. The number of ether oxygens (including phenoxy) is 2. The van der Waals surface area contributed by atoms with Crippen molar-refractivity contribution in [2.45, 2.75) is 128 Å². The molecular formula is C56H67ClN18O4. The van der Waals surface area contributed by atoms with Crippen LogP contribution in [0.4, 0.5) is 38.9 Å². The number of carbonyl (C=O) groups is 2. The Hall–Kier alpha value is -7.75. The van der Waals surface area contributed by atoms with E-state index in [0.717, 1.165) is 94.5 Å². The number of carbonyl (C=O) groups excluding carboxylic acids is 2. The van der Waals surface area contributed by atoms with Crippen LogP contribution in [0.3, 0.4) is 0 Å². The first-order valence-corrected chi connectivity index (χ1v) is 28.0. The van der Waals surface area contributed by atoms with Crippen LogP contribution in [0.5, 0.6) is 0 Å². The van der Waals surface area contributed by atoms with Crippen LogP contribution in [-0.4, -0.2) is 121 Å². The third kappa shape index (κ3) is 11.0. The molecule has 0 radical (unpaired) electrons. The standard InChI is InChI=1S/C28H33N9O2.C14H19ClN4O2.C14H15N5/c1-28(2,3)39-27(38)32-24-19-14-36(15-20(19)24)23-9-8-22(34-35-23)31-26-30-12-18-17-10-11-29-13-21(17)37(25(18)33-26)16-6-4-5-7-16;1-14(2,3)21-13(20)16-12-8-6-19(7-9(8)12)11-5-4-10(15)17-18-11;15-14-17-7-11-10-5-6-16-8-12(10)19(13(11)18-14)9-3-1-2-4-9/h8-13,16,19-20,24H,4-7,14-15H2,1-3H3,(H,32,38)(H,30,31,33,34);4-5,8-9,12H,6-7H2,1-3H3,(H,16,20);5-9H,1-4H2,(H2,15,17,18)/t19-,20+,24?;8-,9+,12?;. The van der Waals surface area contributed by atoms with Gasteiger partial charge in [0, 0.05) is 120 Å². The maximum Gasteiger partial charge on any atom is 0.407 e. The fourth-order valence-electron chi connectivity index (χ4n) is 12.4. The lowest BCUT2D eigenvalue weighted by molar-refractivity contribution is 0.0506. The van der Waals surface area contributed by atoms with E-state index < -0.39 is 11.2 Å². The highest BCUT2D eigenvalue weighted by Crippen LogP contribution is 2.48. The number of alkyl carbamates (subject to hydrolysis) is 2. The predicted octanol–water partition coefficient (Wildman–Crippen LogP) is 9.35. The number of nitrogens with zero attached hydrogens (tertiary/aromatic N) is 14. The molecule has 4 aliphatic carbocycles. The predicted molar refractivity (Wildman–Crippen MR) is 302 cm³/mol. The molecule has 6 aliphatic rings. The second-order valence-corrected chi connectivity index (χ2v) is 24.1. The zero-order valence-corrected chi connectivity index (χ0v) is 46.1. The third-order valence-corrected chi connectivity index (χ3v) is 16.2. The largest absolute Gasteiger partial charge is 0.444 e. The monoisotopic (exact) mass is 1090 g/mol. The first kappa shape index (κ1) is 52.0. The normalized spacial score (nSPS) is 22.5. The third-order valence-electron chi connectivity index (χ3n) is 16.0. The molecule has 6 fully saturated rings. The number of anilines is 5. The molecule has 79 heavy (non-hydrogen) atoms. The molecule has 10 heterocycles. The number of hydrogen-bond donors (Lipinski definition) is 4. The molecule has 4 saturated carbocycles. The van der Waals surface area contributed by atoms with Crippen LogP contribution in [0.1, 0.15) is 105 Å². The van der Waals surface area contributed by atoms with Gasteiger partial charge >= 0.3 is 12.2 Å². The van der Waals surface area contributed by atoms with Gasteiger partial charge in [-0.25, -0.2) is 19.6 Å². The molecule has 23 heteroatoms. The summed E-state index contributed by atoms with van der Waals surface area (Å²) in [5, 5.41) is 30.8. The molecule has 412 valence electrons. The van der Waals surface area contributed by atoms with Gasteiger partial charge in [-0.3, -0.25) is 9.97 Å². The van der Waals surface area contributed by atoms with E-state index in [1.54, 1.807) is 6.07 Å². The average Bonchev–Trinajstić information content (AvgIpc) is 4.26. The van der Waals surface area contributed by atoms with Gasteiger partial charge in [-0.05, 0) is 104 Å². The van der Waals surface area contributed by atoms with Crippen molar-refractivity contribution in [2.75, 3.05) is 47.0 Å². The molecule has 2 saturated heterocycles. The molecule has 2 aliphatic heterocycles. The second kappa shape index (κ2) is 20.8.